The van der Waals surface area contributed by atoms with E-state index in [-0.39, 0.29) is 11.4 Å². The summed E-state index contributed by atoms with van der Waals surface area (Å²) in [7, 11) is 0. The van der Waals surface area contributed by atoms with Crippen LogP contribution in [-0.4, -0.2) is 21.0 Å². The second kappa shape index (κ2) is 4.39. The first kappa shape index (κ1) is 10.1. The van der Waals surface area contributed by atoms with Crippen LogP contribution in [0.15, 0.2) is 42.7 Å². The zero-order valence-electron chi connectivity index (χ0n) is 8.29. The smallest absolute Gasteiger partial charge is 0.339 e. The van der Waals surface area contributed by atoms with Gasteiger partial charge in [0.2, 0.25) is 0 Å². The van der Waals surface area contributed by atoms with E-state index >= 15 is 0 Å². The third-order valence-corrected chi connectivity index (χ3v) is 1.95. The number of hydrogen-bond donors (Lipinski definition) is 2. The van der Waals surface area contributed by atoms with E-state index in [0.29, 0.717) is 5.82 Å². The molecule has 0 atom stereocenters. The molecule has 2 N–H and O–H groups in total. The Labute approximate surface area is 91.8 Å². The van der Waals surface area contributed by atoms with Crippen molar-refractivity contribution < 1.29 is 9.90 Å². The van der Waals surface area contributed by atoms with Crippen LogP contribution in [0, 0.1) is 0 Å². The Balaban J connectivity index is 2.31. The summed E-state index contributed by atoms with van der Waals surface area (Å²) in [4.78, 5) is 18.9. The third-order valence-electron chi connectivity index (χ3n) is 1.95. The van der Waals surface area contributed by atoms with E-state index < -0.39 is 5.97 Å². The summed E-state index contributed by atoms with van der Waals surface area (Å²) in [6, 6.07) is 8.38. The highest BCUT2D eigenvalue weighted by Gasteiger charge is 2.10. The molecule has 0 saturated carbocycles. The standard InChI is InChI=1S/C11H9N3O2/c15-11(16)8-4-3-7-13-10(8)14-9-5-1-2-6-12-9/h1-7H,(H,15,16)(H,12,13,14). The second-order valence-corrected chi connectivity index (χ2v) is 3.04. The average Bonchev–Trinajstić information content (AvgIpc) is 2.31. The molecule has 0 aliphatic rings. The Morgan fingerprint density at radius 1 is 1.12 bits per heavy atom. The molecule has 0 amide bonds. The molecule has 0 saturated heterocycles. The van der Waals surface area contributed by atoms with Crippen LogP contribution in [0.5, 0.6) is 0 Å². The van der Waals surface area contributed by atoms with E-state index in [0.717, 1.165) is 0 Å². The number of pyridine rings is 2. The molecule has 0 radical (unpaired) electrons. The Hall–Kier alpha value is -2.43. The number of carboxylic acid groups (broad SMARTS) is 1. The fourth-order valence-electron chi connectivity index (χ4n) is 1.24. The van der Waals surface area contributed by atoms with E-state index in [2.05, 4.69) is 15.3 Å². The van der Waals surface area contributed by atoms with Gasteiger partial charge in [-0.2, -0.15) is 0 Å². The van der Waals surface area contributed by atoms with Gasteiger partial charge >= 0.3 is 5.97 Å². The first-order valence-corrected chi connectivity index (χ1v) is 4.64. The van der Waals surface area contributed by atoms with E-state index in [1.54, 1.807) is 30.5 Å². The molecule has 5 heteroatoms. The number of aromatic carboxylic acids is 1. The van der Waals surface area contributed by atoms with Gasteiger partial charge in [-0.25, -0.2) is 14.8 Å². The van der Waals surface area contributed by atoms with Crippen molar-refractivity contribution in [2.45, 2.75) is 0 Å². The van der Waals surface area contributed by atoms with Crippen LogP contribution in [-0.2, 0) is 0 Å². The molecule has 0 aliphatic heterocycles. The summed E-state index contributed by atoms with van der Waals surface area (Å²) in [5, 5.41) is 11.8. The van der Waals surface area contributed by atoms with Gasteiger partial charge in [0.15, 0.2) is 0 Å². The zero-order valence-corrected chi connectivity index (χ0v) is 8.29. The Bertz CT molecular complexity index is 500. The van der Waals surface area contributed by atoms with E-state index in [4.69, 9.17) is 5.11 Å². The van der Waals surface area contributed by atoms with Crippen LogP contribution >= 0.6 is 0 Å². The molecule has 2 rings (SSSR count). The molecular formula is C11H9N3O2. The molecule has 2 heterocycles. The van der Waals surface area contributed by atoms with Gasteiger partial charge in [0.1, 0.15) is 17.2 Å². The Kier molecular flexibility index (Phi) is 2.77. The zero-order chi connectivity index (χ0) is 11.4. The van der Waals surface area contributed by atoms with E-state index in [1.165, 1.54) is 12.3 Å². The lowest BCUT2D eigenvalue weighted by molar-refractivity contribution is 0.0697. The number of carboxylic acids is 1. The van der Waals surface area contributed by atoms with Gasteiger partial charge in [0.05, 0.1) is 0 Å². The summed E-state index contributed by atoms with van der Waals surface area (Å²) in [5.74, 6) is -0.177. The number of aromatic nitrogens is 2. The molecule has 0 aliphatic carbocycles. The minimum atomic E-state index is -1.02. The number of nitrogens with one attached hydrogen (secondary N) is 1. The normalized spacial score (nSPS) is 9.75. The second-order valence-electron chi connectivity index (χ2n) is 3.04. The molecule has 2 aromatic rings. The molecule has 80 valence electrons. The largest absolute Gasteiger partial charge is 0.478 e. The highest BCUT2D eigenvalue weighted by Crippen LogP contribution is 2.15. The van der Waals surface area contributed by atoms with Gasteiger partial charge in [0.25, 0.3) is 0 Å². The predicted molar refractivity (Wildman–Crippen MR) is 58.7 cm³/mol. The average molecular weight is 215 g/mol. The SMILES string of the molecule is O=C(O)c1cccnc1Nc1ccccn1. The fourth-order valence-corrected chi connectivity index (χ4v) is 1.24. The van der Waals surface area contributed by atoms with Crippen molar-refractivity contribution in [1.29, 1.82) is 0 Å². The van der Waals surface area contributed by atoms with E-state index in [1.807, 2.05) is 0 Å². The van der Waals surface area contributed by atoms with Crippen molar-refractivity contribution in [3.05, 3.63) is 48.3 Å². The van der Waals surface area contributed by atoms with Gasteiger partial charge in [-0.1, -0.05) is 6.07 Å². The molecule has 0 fully saturated rings. The van der Waals surface area contributed by atoms with Gasteiger partial charge in [-0.05, 0) is 24.3 Å². The van der Waals surface area contributed by atoms with Crippen molar-refractivity contribution in [2.75, 3.05) is 5.32 Å². The van der Waals surface area contributed by atoms with Crippen LogP contribution in [0.3, 0.4) is 0 Å². The highest BCUT2D eigenvalue weighted by atomic mass is 16.4. The Morgan fingerprint density at radius 2 is 1.94 bits per heavy atom. The minimum absolute atomic E-state index is 0.119. The summed E-state index contributed by atoms with van der Waals surface area (Å²) in [6.45, 7) is 0. The summed E-state index contributed by atoms with van der Waals surface area (Å²) in [5.41, 5.74) is 0.119. The van der Waals surface area contributed by atoms with E-state index in [9.17, 15) is 4.79 Å². The molecule has 0 aromatic carbocycles. The molecule has 16 heavy (non-hydrogen) atoms. The van der Waals surface area contributed by atoms with Crippen molar-refractivity contribution in [2.24, 2.45) is 0 Å². The number of nitrogens with zero attached hydrogens (tertiary/aromatic N) is 2. The maximum Gasteiger partial charge on any atom is 0.339 e. The molecule has 0 unspecified atom stereocenters. The van der Waals surface area contributed by atoms with Crippen LogP contribution < -0.4 is 5.32 Å². The maximum atomic E-state index is 10.9. The van der Waals surface area contributed by atoms with Crippen molar-refractivity contribution in [1.82, 2.24) is 9.97 Å². The predicted octanol–water partition coefficient (Wildman–Crippen LogP) is 1.92. The minimum Gasteiger partial charge on any atom is -0.478 e. The molecular weight excluding hydrogens is 206 g/mol. The number of carbonyl (C=O) groups is 1. The highest BCUT2D eigenvalue weighted by molar-refractivity contribution is 5.93. The summed E-state index contributed by atoms with van der Waals surface area (Å²) < 4.78 is 0. The molecule has 5 nitrogen and oxygen atoms in total. The molecule has 0 bridgehead atoms. The van der Waals surface area contributed by atoms with Crippen LogP contribution in [0.1, 0.15) is 10.4 Å². The lowest BCUT2D eigenvalue weighted by Crippen LogP contribution is -2.04. The van der Waals surface area contributed by atoms with Crippen LogP contribution in [0.25, 0.3) is 0 Å². The maximum absolute atomic E-state index is 10.9. The topological polar surface area (TPSA) is 75.1 Å². The first-order valence-electron chi connectivity index (χ1n) is 4.64. The Morgan fingerprint density at radius 3 is 2.62 bits per heavy atom. The first-order chi connectivity index (χ1) is 7.77. The quantitative estimate of drug-likeness (QED) is 0.818. The van der Waals surface area contributed by atoms with Gasteiger partial charge in [0, 0.05) is 12.4 Å². The lowest BCUT2D eigenvalue weighted by atomic mass is 10.2. The summed E-state index contributed by atoms with van der Waals surface area (Å²) in [6.07, 6.45) is 3.14. The van der Waals surface area contributed by atoms with Crippen molar-refractivity contribution >= 4 is 17.6 Å². The van der Waals surface area contributed by atoms with Crippen LogP contribution in [0.4, 0.5) is 11.6 Å². The van der Waals surface area contributed by atoms with Crippen molar-refractivity contribution in [3.63, 3.8) is 0 Å². The third kappa shape index (κ3) is 2.14. The van der Waals surface area contributed by atoms with Gasteiger partial charge in [-0.3, -0.25) is 0 Å². The fraction of sp³-hybridized carbons (Fsp3) is 0. The van der Waals surface area contributed by atoms with Gasteiger partial charge < -0.3 is 10.4 Å². The molecule has 2 aromatic heterocycles. The molecule has 0 spiro atoms. The van der Waals surface area contributed by atoms with Crippen molar-refractivity contribution in [3.8, 4) is 0 Å². The lowest BCUT2D eigenvalue weighted by Gasteiger charge is -2.06. The number of hydrogen-bond acceptors (Lipinski definition) is 4. The van der Waals surface area contributed by atoms with Gasteiger partial charge in [-0.15, -0.1) is 0 Å². The number of rotatable bonds is 3. The van der Waals surface area contributed by atoms with Crippen LogP contribution in [0.2, 0.25) is 0 Å². The summed E-state index contributed by atoms with van der Waals surface area (Å²) >= 11 is 0. The monoisotopic (exact) mass is 215 g/mol. The number of anilines is 2.